The molecule has 0 aliphatic carbocycles. The summed E-state index contributed by atoms with van der Waals surface area (Å²) < 4.78 is 52.5. The van der Waals surface area contributed by atoms with Crippen molar-refractivity contribution < 1.29 is 22.0 Å². The lowest BCUT2D eigenvalue weighted by molar-refractivity contribution is -0.137. The molecule has 0 amide bonds. The van der Waals surface area contributed by atoms with Crippen LogP contribution in [0.4, 0.5) is 30.2 Å². The maximum Gasteiger partial charge on any atom is 0.416 e. The molecule has 0 unspecified atom stereocenters. The molecule has 2 heterocycles. The molecule has 0 atom stereocenters. The SMILES string of the molecule is FC(F)(F)c1ccc2cc(-c3ccc4cc(N(c5ccc6nc(-c7ccccc7)oc6c5)c5ccc6nc(-c7ccccc7)oc6c5)ccc4c3)ccc2c1. The van der Waals surface area contributed by atoms with Gasteiger partial charge in [0.15, 0.2) is 11.2 Å². The topological polar surface area (TPSA) is 55.3 Å². The Morgan fingerprint density at radius 1 is 0.400 bits per heavy atom. The Kier molecular flexibility index (Phi) is 7.52. The average Bonchev–Trinajstić information content (AvgIpc) is 3.85. The van der Waals surface area contributed by atoms with Gasteiger partial charge in [-0.25, -0.2) is 9.97 Å². The van der Waals surface area contributed by atoms with E-state index in [1.807, 2.05) is 115 Å². The van der Waals surface area contributed by atoms with Gasteiger partial charge in [0.2, 0.25) is 11.8 Å². The van der Waals surface area contributed by atoms with Gasteiger partial charge in [-0.1, -0.05) is 72.8 Å². The Balaban J connectivity index is 1.06. The summed E-state index contributed by atoms with van der Waals surface area (Å²) in [7, 11) is 0. The summed E-state index contributed by atoms with van der Waals surface area (Å²) >= 11 is 0. The molecule has 0 fully saturated rings. The molecule has 0 saturated heterocycles. The van der Waals surface area contributed by atoms with Crippen molar-refractivity contribution in [3.05, 3.63) is 175 Å². The molecule has 0 aliphatic rings. The van der Waals surface area contributed by atoms with Crippen LogP contribution in [0.1, 0.15) is 5.56 Å². The second kappa shape index (κ2) is 12.7. The second-order valence-corrected chi connectivity index (χ2v) is 13.4. The van der Waals surface area contributed by atoms with Crippen LogP contribution < -0.4 is 4.90 Å². The number of halogens is 3. The maximum absolute atomic E-state index is 13.3. The van der Waals surface area contributed by atoms with Gasteiger partial charge in [-0.3, -0.25) is 0 Å². The molecular formula is C47H28F3N3O2. The van der Waals surface area contributed by atoms with Crippen LogP contribution in [0.2, 0.25) is 0 Å². The van der Waals surface area contributed by atoms with Gasteiger partial charge in [0, 0.05) is 40.3 Å². The van der Waals surface area contributed by atoms with Crippen LogP contribution in [0.3, 0.4) is 0 Å². The van der Waals surface area contributed by atoms with Crippen molar-refractivity contribution in [3.63, 3.8) is 0 Å². The summed E-state index contributed by atoms with van der Waals surface area (Å²) in [6.07, 6.45) is -4.39. The molecule has 0 spiro atoms. The zero-order valence-corrected chi connectivity index (χ0v) is 29.0. The van der Waals surface area contributed by atoms with Gasteiger partial charge in [0.05, 0.1) is 5.56 Å². The number of oxazole rings is 2. The van der Waals surface area contributed by atoms with E-state index in [0.717, 1.165) is 72.6 Å². The monoisotopic (exact) mass is 723 g/mol. The molecule has 8 heteroatoms. The van der Waals surface area contributed by atoms with Gasteiger partial charge < -0.3 is 13.7 Å². The Labute approximate surface area is 312 Å². The van der Waals surface area contributed by atoms with E-state index < -0.39 is 11.7 Å². The highest BCUT2D eigenvalue weighted by atomic mass is 19.4. The molecule has 0 N–H and O–H groups in total. The number of benzene rings is 8. The lowest BCUT2D eigenvalue weighted by Gasteiger charge is -2.25. The maximum atomic E-state index is 13.3. The van der Waals surface area contributed by atoms with E-state index in [-0.39, 0.29) is 0 Å². The number of fused-ring (bicyclic) bond motifs is 4. The van der Waals surface area contributed by atoms with E-state index >= 15 is 0 Å². The lowest BCUT2D eigenvalue weighted by atomic mass is 9.97. The Morgan fingerprint density at radius 3 is 1.36 bits per heavy atom. The van der Waals surface area contributed by atoms with Crippen LogP contribution in [0.15, 0.2) is 179 Å². The third kappa shape index (κ3) is 6.03. The van der Waals surface area contributed by atoms with Gasteiger partial charge in [-0.2, -0.15) is 13.2 Å². The van der Waals surface area contributed by atoms with Gasteiger partial charge in [0.1, 0.15) is 11.0 Å². The average molecular weight is 724 g/mol. The number of rotatable bonds is 6. The Hall–Kier alpha value is -7.19. The van der Waals surface area contributed by atoms with Crippen molar-refractivity contribution in [1.29, 1.82) is 0 Å². The summed E-state index contributed by atoms with van der Waals surface area (Å²) in [5.41, 5.74) is 8.49. The molecule has 0 radical (unpaired) electrons. The van der Waals surface area contributed by atoms with Crippen molar-refractivity contribution in [2.75, 3.05) is 4.90 Å². The third-order valence-corrected chi connectivity index (χ3v) is 9.88. The van der Waals surface area contributed by atoms with E-state index in [0.29, 0.717) is 28.3 Å². The second-order valence-electron chi connectivity index (χ2n) is 13.4. The van der Waals surface area contributed by atoms with E-state index in [4.69, 9.17) is 18.8 Å². The summed E-state index contributed by atoms with van der Waals surface area (Å²) in [6.45, 7) is 0. The summed E-state index contributed by atoms with van der Waals surface area (Å²) in [4.78, 5) is 11.7. The fourth-order valence-electron chi connectivity index (χ4n) is 7.11. The molecule has 55 heavy (non-hydrogen) atoms. The van der Waals surface area contributed by atoms with Crippen molar-refractivity contribution in [1.82, 2.24) is 9.97 Å². The molecule has 0 aliphatic heterocycles. The van der Waals surface area contributed by atoms with Crippen molar-refractivity contribution in [3.8, 4) is 34.0 Å². The van der Waals surface area contributed by atoms with Gasteiger partial charge >= 0.3 is 6.18 Å². The number of hydrogen-bond donors (Lipinski definition) is 0. The van der Waals surface area contributed by atoms with E-state index in [2.05, 4.69) is 35.2 Å². The number of anilines is 3. The minimum absolute atomic E-state index is 0.545. The molecule has 264 valence electrons. The number of nitrogens with zero attached hydrogens (tertiary/aromatic N) is 3. The number of alkyl halides is 3. The van der Waals surface area contributed by atoms with Crippen molar-refractivity contribution in [2.45, 2.75) is 6.18 Å². The summed E-state index contributed by atoms with van der Waals surface area (Å²) in [5, 5.41) is 3.32. The predicted octanol–water partition coefficient (Wildman–Crippen LogP) is 13.8. The molecule has 2 aromatic heterocycles. The molecule has 10 aromatic rings. The fourth-order valence-corrected chi connectivity index (χ4v) is 7.11. The quantitative estimate of drug-likeness (QED) is 0.171. The van der Waals surface area contributed by atoms with Gasteiger partial charge in [0.25, 0.3) is 0 Å². The first-order chi connectivity index (χ1) is 26.8. The van der Waals surface area contributed by atoms with Crippen LogP contribution in [0, 0.1) is 0 Å². The zero-order chi connectivity index (χ0) is 37.1. The molecule has 5 nitrogen and oxygen atoms in total. The first-order valence-corrected chi connectivity index (χ1v) is 17.7. The predicted molar refractivity (Wildman–Crippen MR) is 213 cm³/mol. The standard InChI is InChI=1S/C47H28F3N3O2/c48-47(49,50)37-17-15-33-23-31(11-13-35(33)25-37)32-12-14-36-26-38(18-16-34(36)24-32)53(39-19-21-41-43(27-39)54-45(51-41)29-7-3-1-4-8-29)40-20-22-42-44(28-40)55-46(52-42)30-9-5-2-6-10-30/h1-28H. The van der Waals surface area contributed by atoms with E-state index in [1.165, 1.54) is 12.1 Å². The van der Waals surface area contributed by atoms with Crippen LogP contribution in [0.5, 0.6) is 0 Å². The first kappa shape index (κ1) is 32.5. The molecule has 10 rings (SSSR count). The molecular weight excluding hydrogens is 696 g/mol. The minimum atomic E-state index is -4.39. The lowest BCUT2D eigenvalue weighted by Crippen LogP contribution is -2.09. The molecule has 8 aromatic carbocycles. The highest BCUT2D eigenvalue weighted by Gasteiger charge is 2.30. The zero-order valence-electron chi connectivity index (χ0n) is 29.0. The molecule has 0 saturated carbocycles. The number of aromatic nitrogens is 2. The van der Waals surface area contributed by atoms with Gasteiger partial charge in [-0.05, 0) is 118 Å². The van der Waals surface area contributed by atoms with Crippen LogP contribution in [-0.4, -0.2) is 9.97 Å². The number of hydrogen-bond acceptors (Lipinski definition) is 5. The highest BCUT2D eigenvalue weighted by Crippen LogP contribution is 2.41. The normalized spacial score (nSPS) is 11.9. The van der Waals surface area contributed by atoms with Crippen LogP contribution in [0.25, 0.3) is 77.8 Å². The van der Waals surface area contributed by atoms with Crippen LogP contribution >= 0.6 is 0 Å². The largest absolute Gasteiger partial charge is 0.436 e. The molecule has 0 bridgehead atoms. The minimum Gasteiger partial charge on any atom is -0.436 e. The van der Waals surface area contributed by atoms with Crippen molar-refractivity contribution in [2.24, 2.45) is 0 Å². The van der Waals surface area contributed by atoms with E-state index in [9.17, 15) is 13.2 Å². The summed E-state index contributed by atoms with van der Waals surface area (Å²) in [6, 6.07) is 53.5. The fraction of sp³-hybridized carbons (Fsp3) is 0.0213. The summed E-state index contributed by atoms with van der Waals surface area (Å²) in [5.74, 6) is 1.10. The Bertz CT molecular complexity index is 2930. The first-order valence-electron chi connectivity index (χ1n) is 17.7. The third-order valence-electron chi connectivity index (χ3n) is 9.88. The van der Waals surface area contributed by atoms with Crippen molar-refractivity contribution >= 4 is 60.8 Å². The van der Waals surface area contributed by atoms with Crippen LogP contribution in [-0.2, 0) is 6.18 Å². The highest BCUT2D eigenvalue weighted by molar-refractivity contribution is 5.95. The smallest absolute Gasteiger partial charge is 0.416 e. The van der Waals surface area contributed by atoms with E-state index in [1.54, 1.807) is 6.07 Å². The Morgan fingerprint density at radius 2 is 0.836 bits per heavy atom. The van der Waals surface area contributed by atoms with Gasteiger partial charge in [-0.15, -0.1) is 0 Å².